The molecule has 0 saturated carbocycles. The first kappa shape index (κ1) is 19.0. The zero-order valence-corrected chi connectivity index (χ0v) is 15.7. The number of hydrogen-bond donors (Lipinski definition) is 1. The van der Waals surface area contributed by atoms with Crippen LogP contribution in [0.5, 0.6) is 0 Å². The lowest BCUT2D eigenvalue weighted by Gasteiger charge is -2.23. The second kappa shape index (κ2) is 9.15. The lowest BCUT2D eigenvalue weighted by atomic mass is 10.3. The maximum Gasteiger partial charge on any atom is 0.252 e. The molecule has 0 aliphatic heterocycles. The Morgan fingerprint density at radius 3 is 2.76 bits per heavy atom. The van der Waals surface area contributed by atoms with E-state index < -0.39 is 10.0 Å². The molecular weight excluding hydrogens is 324 g/mol. The summed E-state index contributed by atoms with van der Waals surface area (Å²) < 4.78 is 27.1. The molecule has 1 N–H and O–H groups in total. The summed E-state index contributed by atoms with van der Waals surface area (Å²) in [5.41, 5.74) is 0. The van der Waals surface area contributed by atoms with Crippen LogP contribution in [0.15, 0.2) is 16.3 Å². The second-order valence-corrected chi connectivity index (χ2v) is 9.35. The minimum atomic E-state index is -3.36. The first-order valence-corrected chi connectivity index (χ1v) is 10.8. The van der Waals surface area contributed by atoms with Crippen LogP contribution in [0.4, 0.5) is 0 Å². The highest BCUT2D eigenvalue weighted by Crippen LogP contribution is 2.26. The monoisotopic (exact) mass is 350 g/mol. The number of likely N-dealkylation sites (N-methyl/N-ethyl adjacent to an activating group) is 1. The Kier molecular flexibility index (Phi) is 8.26. The lowest BCUT2D eigenvalue weighted by molar-refractivity contribution is 0.383. The summed E-state index contributed by atoms with van der Waals surface area (Å²) in [6.45, 7) is 5.85. The van der Waals surface area contributed by atoms with Crippen LogP contribution in [-0.2, 0) is 16.4 Å². The number of nitrogens with one attached hydrogen (secondary N) is 1. The Labute approximate surface area is 137 Å². The van der Waals surface area contributed by atoms with E-state index in [0.29, 0.717) is 4.21 Å². The molecule has 21 heavy (non-hydrogen) atoms. The van der Waals surface area contributed by atoms with Gasteiger partial charge in [0.2, 0.25) is 0 Å². The SMILES string of the molecule is CCNCCc1ccc(S(=O)(=O)N(C)C(C)CCSC)s1. The van der Waals surface area contributed by atoms with Gasteiger partial charge in [-0.25, -0.2) is 8.42 Å². The van der Waals surface area contributed by atoms with Crippen LogP contribution >= 0.6 is 23.1 Å². The molecule has 4 nitrogen and oxygen atoms in total. The number of thiophene rings is 1. The van der Waals surface area contributed by atoms with E-state index in [1.165, 1.54) is 15.6 Å². The topological polar surface area (TPSA) is 49.4 Å². The van der Waals surface area contributed by atoms with E-state index in [-0.39, 0.29) is 6.04 Å². The van der Waals surface area contributed by atoms with Crippen LogP contribution in [-0.4, -0.2) is 50.9 Å². The number of hydrogen-bond acceptors (Lipinski definition) is 5. The molecular formula is C14H26N2O2S3. The molecule has 1 rings (SSSR count). The van der Waals surface area contributed by atoms with E-state index in [2.05, 4.69) is 12.2 Å². The van der Waals surface area contributed by atoms with Crippen molar-refractivity contribution < 1.29 is 8.42 Å². The summed E-state index contributed by atoms with van der Waals surface area (Å²) in [4.78, 5) is 1.11. The molecule has 0 aromatic carbocycles. The van der Waals surface area contributed by atoms with Crippen LogP contribution in [0.3, 0.4) is 0 Å². The minimum absolute atomic E-state index is 0.0229. The van der Waals surface area contributed by atoms with Crippen LogP contribution in [0.1, 0.15) is 25.1 Å². The van der Waals surface area contributed by atoms with E-state index in [0.717, 1.165) is 36.6 Å². The molecule has 1 heterocycles. The summed E-state index contributed by atoms with van der Waals surface area (Å²) in [7, 11) is -1.68. The standard InChI is InChI=1S/C14H26N2O2S3/c1-5-15-10-8-13-6-7-14(20-13)21(17,18)16(3)12(2)9-11-19-4/h6-7,12,15H,5,8-11H2,1-4H3. The Morgan fingerprint density at radius 1 is 1.43 bits per heavy atom. The average Bonchev–Trinajstić information content (AvgIpc) is 2.93. The maximum atomic E-state index is 12.6. The van der Waals surface area contributed by atoms with Gasteiger partial charge in [0.05, 0.1) is 0 Å². The summed E-state index contributed by atoms with van der Waals surface area (Å²) in [6.07, 6.45) is 3.78. The van der Waals surface area contributed by atoms with Gasteiger partial charge in [-0.15, -0.1) is 11.3 Å². The molecule has 0 spiro atoms. The fourth-order valence-electron chi connectivity index (χ4n) is 1.87. The Bertz CT molecular complexity index is 514. The van der Waals surface area contributed by atoms with Crippen molar-refractivity contribution in [2.75, 3.05) is 32.1 Å². The van der Waals surface area contributed by atoms with Gasteiger partial charge in [0, 0.05) is 18.0 Å². The van der Waals surface area contributed by atoms with Gasteiger partial charge in [-0.1, -0.05) is 6.92 Å². The smallest absolute Gasteiger partial charge is 0.252 e. The van der Waals surface area contributed by atoms with E-state index >= 15 is 0 Å². The third-order valence-corrected chi connectivity index (χ3v) is 7.66. The summed E-state index contributed by atoms with van der Waals surface area (Å²) in [5.74, 6) is 0.972. The summed E-state index contributed by atoms with van der Waals surface area (Å²) in [5, 5.41) is 3.25. The Morgan fingerprint density at radius 2 is 2.14 bits per heavy atom. The molecule has 1 unspecified atom stereocenters. The number of thioether (sulfide) groups is 1. The molecule has 0 radical (unpaired) electrons. The van der Waals surface area contributed by atoms with Crippen molar-refractivity contribution in [3.63, 3.8) is 0 Å². The van der Waals surface area contributed by atoms with Crippen molar-refractivity contribution in [2.24, 2.45) is 0 Å². The number of sulfonamides is 1. The van der Waals surface area contributed by atoms with Gasteiger partial charge in [0.15, 0.2) is 0 Å². The normalized spacial score (nSPS) is 13.8. The third-order valence-electron chi connectivity index (χ3n) is 3.43. The fraction of sp³-hybridized carbons (Fsp3) is 0.714. The Balaban J connectivity index is 2.73. The highest BCUT2D eigenvalue weighted by Gasteiger charge is 2.26. The number of rotatable bonds is 10. The molecule has 1 atom stereocenters. The highest BCUT2D eigenvalue weighted by molar-refractivity contribution is 7.98. The predicted octanol–water partition coefficient (Wildman–Crippen LogP) is 2.66. The first-order chi connectivity index (χ1) is 9.93. The Hall–Kier alpha value is -0.0800. The van der Waals surface area contributed by atoms with Gasteiger partial charge < -0.3 is 5.32 Å². The van der Waals surface area contributed by atoms with Crippen LogP contribution in [0.2, 0.25) is 0 Å². The lowest BCUT2D eigenvalue weighted by Crippen LogP contribution is -2.35. The first-order valence-electron chi connectivity index (χ1n) is 7.19. The summed E-state index contributed by atoms with van der Waals surface area (Å²) >= 11 is 3.13. The molecule has 1 aromatic heterocycles. The largest absolute Gasteiger partial charge is 0.317 e. The molecule has 1 aromatic rings. The summed E-state index contributed by atoms with van der Waals surface area (Å²) in [6, 6.07) is 3.68. The molecule has 0 saturated heterocycles. The predicted molar refractivity (Wildman–Crippen MR) is 94.0 cm³/mol. The second-order valence-electron chi connectivity index (χ2n) is 4.98. The molecule has 122 valence electrons. The zero-order chi connectivity index (χ0) is 15.9. The maximum absolute atomic E-state index is 12.6. The van der Waals surface area contributed by atoms with E-state index in [9.17, 15) is 8.42 Å². The number of nitrogens with zero attached hydrogens (tertiary/aromatic N) is 1. The molecule has 0 amide bonds. The molecule has 0 bridgehead atoms. The van der Waals surface area contributed by atoms with Crippen LogP contribution < -0.4 is 5.32 Å². The van der Waals surface area contributed by atoms with Crippen molar-refractivity contribution in [3.8, 4) is 0 Å². The van der Waals surface area contributed by atoms with E-state index in [1.807, 2.05) is 19.2 Å². The third kappa shape index (κ3) is 5.56. The van der Waals surface area contributed by atoms with Crippen LogP contribution in [0.25, 0.3) is 0 Å². The minimum Gasteiger partial charge on any atom is -0.317 e. The quantitative estimate of drug-likeness (QED) is 0.659. The molecule has 0 aliphatic carbocycles. The van der Waals surface area contributed by atoms with Gasteiger partial charge in [-0.05, 0) is 57.0 Å². The van der Waals surface area contributed by atoms with Crippen molar-refractivity contribution in [1.29, 1.82) is 0 Å². The highest BCUT2D eigenvalue weighted by atomic mass is 32.2. The molecule has 0 aliphatic rings. The molecule has 0 fully saturated rings. The van der Waals surface area contributed by atoms with Gasteiger partial charge in [-0.3, -0.25) is 0 Å². The fourth-order valence-corrected chi connectivity index (χ4v) is 5.38. The van der Waals surface area contributed by atoms with Gasteiger partial charge in [0.1, 0.15) is 4.21 Å². The van der Waals surface area contributed by atoms with Crippen molar-refractivity contribution >= 4 is 33.1 Å². The molecule has 7 heteroatoms. The van der Waals surface area contributed by atoms with Crippen LogP contribution in [0, 0.1) is 0 Å². The van der Waals surface area contributed by atoms with E-state index in [4.69, 9.17) is 0 Å². The zero-order valence-electron chi connectivity index (χ0n) is 13.3. The van der Waals surface area contributed by atoms with E-state index in [1.54, 1.807) is 24.9 Å². The average molecular weight is 351 g/mol. The van der Waals surface area contributed by atoms with Crippen molar-refractivity contribution in [2.45, 2.75) is 36.9 Å². The van der Waals surface area contributed by atoms with Gasteiger partial charge in [-0.2, -0.15) is 16.1 Å². The van der Waals surface area contributed by atoms with Gasteiger partial charge in [0.25, 0.3) is 10.0 Å². The van der Waals surface area contributed by atoms with Crippen molar-refractivity contribution in [1.82, 2.24) is 9.62 Å². The van der Waals surface area contributed by atoms with Crippen molar-refractivity contribution in [3.05, 3.63) is 17.0 Å². The van der Waals surface area contributed by atoms with Gasteiger partial charge >= 0.3 is 0 Å².